The van der Waals surface area contributed by atoms with E-state index in [9.17, 15) is 13.2 Å². The van der Waals surface area contributed by atoms with E-state index in [0.717, 1.165) is 11.4 Å². The summed E-state index contributed by atoms with van der Waals surface area (Å²) >= 11 is 0. The predicted octanol–water partition coefficient (Wildman–Crippen LogP) is 2.02. The Morgan fingerprint density at radius 1 is 1.29 bits per heavy atom. The molecule has 1 fully saturated rings. The van der Waals surface area contributed by atoms with Gasteiger partial charge in [-0.15, -0.1) is 0 Å². The number of hydrogen-bond donors (Lipinski definition) is 0. The monoisotopic (exact) mass is 311 g/mol. The fraction of sp³-hybridized carbons (Fsp3) is 0.533. The molecule has 1 aliphatic rings. The molecule has 116 valence electrons. The lowest BCUT2D eigenvalue weighted by atomic mass is 10.1. The van der Waals surface area contributed by atoms with Crippen molar-refractivity contribution >= 4 is 21.4 Å². The second-order valence-electron chi connectivity index (χ2n) is 5.10. The Morgan fingerprint density at radius 2 is 1.95 bits per heavy atom. The average molecular weight is 311 g/mol. The normalized spacial score (nSPS) is 20.2. The van der Waals surface area contributed by atoms with E-state index in [-0.39, 0.29) is 23.5 Å². The maximum Gasteiger partial charge on any atom is 0.226 e. The molecule has 21 heavy (non-hydrogen) atoms. The van der Waals surface area contributed by atoms with Gasteiger partial charge in [-0.3, -0.25) is 4.79 Å². The summed E-state index contributed by atoms with van der Waals surface area (Å²) in [4.78, 5) is 13.8. The third-order valence-corrected chi connectivity index (χ3v) is 5.32. The first-order chi connectivity index (χ1) is 9.96. The average Bonchev–Trinajstić information content (AvgIpc) is 2.81. The van der Waals surface area contributed by atoms with Gasteiger partial charge in [0.2, 0.25) is 5.91 Å². The van der Waals surface area contributed by atoms with Crippen molar-refractivity contribution in [2.24, 2.45) is 0 Å². The minimum absolute atomic E-state index is 0.0476. The van der Waals surface area contributed by atoms with Gasteiger partial charge in [-0.1, -0.05) is 6.92 Å². The van der Waals surface area contributed by atoms with Crippen LogP contribution in [0.25, 0.3) is 0 Å². The van der Waals surface area contributed by atoms with E-state index in [1.165, 1.54) is 0 Å². The van der Waals surface area contributed by atoms with Crippen LogP contribution >= 0.6 is 0 Å². The third kappa shape index (κ3) is 3.75. The quantitative estimate of drug-likeness (QED) is 0.834. The van der Waals surface area contributed by atoms with Crippen LogP contribution in [0.15, 0.2) is 24.3 Å². The number of anilines is 1. The molecule has 0 bridgehead atoms. The molecular formula is C15H21NO4S. The fourth-order valence-electron chi connectivity index (χ4n) is 2.58. The second-order valence-corrected chi connectivity index (χ2v) is 7.33. The zero-order valence-corrected chi connectivity index (χ0v) is 13.2. The van der Waals surface area contributed by atoms with Crippen LogP contribution in [-0.2, 0) is 14.6 Å². The topological polar surface area (TPSA) is 63.7 Å². The molecule has 0 spiro atoms. The van der Waals surface area contributed by atoms with Crippen LogP contribution in [0.3, 0.4) is 0 Å². The molecule has 2 rings (SSSR count). The van der Waals surface area contributed by atoms with E-state index >= 15 is 0 Å². The summed E-state index contributed by atoms with van der Waals surface area (Å²) in [6, 6.07) is 6.96. The number of amides is 1. The van der Waals surface area contributed by atoms with Crippen molar-refractivity contribution in [3.8, 4) is 5.75 Å². The number of carbonyl (C=O) groups is 1. The summed E-state index contributed by atoms with van der Waals surface area (Å²) in [5.41, 5.74) is 0.729. The van der Waals surface area contributed by atoms with E-state index in [0.29, 0.717) is 19.4 Å². The van der Waals surface area contributed by atoms with E-state index < -0.39 is 9.84 Å². The number of ether oxygens (including phenoxy) is 1. The first-order valence-corrected chi connectivity index (χ1v) is 9.04. The van der Waals surface area contributed by atoms with Crippen LogP contribution < -0.4 is 9.64 Å². The molecule has 5 nitrogen and oxygen atoms in total. The van der Waals surface area contributed by atoms with Crippen molar-refractivity contribution in [3.05, 3.63) is 24.3 Å². The Labute approximate surface area is 125 Å². The summed E-state index contributed by atoms with van der Waals surface area (Å²) in [5.74, 6) is 0.888. The zero-order chi connectivity index (χ0) is 15.5. The molecule has 1 aromatic carbocycles. The molecule has 1 unspecified atom stereocenters. The van der Waals surface area contributed by atoms with Gasteiger partial charge in [0.05, 0.1) is 24.2 Å². The molecule has 0 aromatic heterocycles. The highest BCUT2D eigenvalue weighted by molar-refractivity contribution is 7.91. The molecule has 1 heterocycles. The minimum Gasteiger partial charge on any atom is -0.494 e. The van der Waals surface area contributed by atoms with Crippen LogP contribution in [0.4, 0.5) is 5.69 Å². The first-order valence-electron chi connectivity index (χ1n) is 7.22. The van der Waals surface area contributed by atoms with Gasteiger partial charge in [-0.25, -0.2) is 8.42 Å². The van der Waals surface area contributed by atoms with Gasteiger partial charge in [0.15, 0.2) is 9.84 Å². The molecule has 1 amide bonds. The lowest BCUT2D eigenvalue weighted by Gasteiger charge is -2.28. The molecule has 1 saturated heterocycles. The number of sulfone groups is 1. The molecule has 0 N–H and O–H groups in total. The molecule has 1 atom stereocenters. The second kappa shape index (κ2) is 6.47. The highest BCUT2D eigenvalue weighted by atomic mass is 32.2. The van der Waals surface area contributed by atoms with E-state index in [1.54, 1.807) is 24.0 Å². The molecular weight excluding hydrogens is 290 g/mol. The van der Waals surface area contributed by atoms with Gasteiger partial charge in [-0.2, -0.15) is 0 Å². The lowest BCUT2D eigenvalue weighted by Crippen LogP contribution is -2.41. The Hall–Kier alpha value is -1.56. The molecule has 6 heteroatoms. The highest BCUT2D eigenvalue weighted by Gasteiger charge is 2.34. The van der Waals surface area contributed by atoms with Gasteiger partial charge in [0, 0.05) is 12.1 Å². The Kier molecular flexibility index (Phi) is 4.88. The van der Waals surface area contributed by atoms with Gasteiger partial charge < -0.3 is 9.64 Å². The van der Waals surface area contributed by atoms with Crippen LogP contribution in [0, 0.1) is 0 Å². The lowest BCUT2D eigenvalue weighted by molar-refractivity contribution is -0.118. The molecule has 0 radical (unpaired) electrons. The minimum atomic E-state index is -3.03. The number of rotatable bonds is 5. The van der Waals surface area contributed by atoms with E-state index in [1.807, 2.05) is 19.1 Å². The van der Waals surface area contributed by atoms with Gasteiger partial charge >= 0.3 is 0 Å². The number of benzene rings is 1. The Balaban J connectivity index is 2.26. The van der Waals surface area contributed by atoms with Crippen LogP contribution in [0.1, 0.15) is 26.7 Å². The summed E-state index contributed by atoms with van der Waals surface area (Å²) in [7, 11) is -3.03. The summed E-state index contributed by atoms with van der Waals surface area (Å²) in [6.07, 6.45) is 0.852. The highest BCUT2D eigenvalue weighted by Crippen LogP contribution is 2.27. The maximum absolute atomic E-state index is 12.2. The fourth-order valence-corrected chi connectivity index (χ4v) is 4.28. The van der Waals surface area contributed by atoms with Crippen LogP contribution in [-0.4, -0.2) is 38.5 Å². The van der Waals surface area contributed by atoms with Gasteiger partial charge in [0.25, 0.3) is 0 Å². The number of hydrogen-bond acceptors (Lipinski definition) is 4. The van der Waals surface area contributed by atoms with Crippen molar-refractivity contribution in [1.29, 1.82) is 0 Å². The van der Waals surface area contributed by atoms with Crippen molar-refractivity contribution < 1.29 is 17.9 Å². The molecule has 1 aromatic rings. The first kappa shape index (κ1) is 15.8. The summed E-state index contributed by atoms with van der Waals surface area (Å²) < 4.78 is 28.7. The predicted molar refractivity (Wildman–Crippen MR) is 82.4 cm³/mol. The van der Waals surface area contributed by atoms with Crippen LogP contribution in [0.5, 0.6) is 5.75 Å². The van der Waals surface area contributed by atoms with Crippen molar-refractivity contribution in [1.82, 2.24) is 0 Å². The maximum atomic E-state index is 12.2. The van der Waals surface area contributed by atoms with Crippen LogP contribution in [0.2, 0.25) is 0 Å². The SMILES string of the molecule is CCOc1ccc(N(C(=O)CC)C2CCS(=O)(=O)C2)cc1. The zero-order valence-electron chi connectivity index (χ0n) is 12.4. The van der Waals surface area contributed by atoms with Gasteiger partial charge in [0.1, 0.15) is 5.75 Å². The Bertz CT molecular complexity index is 595. The van der Waals surface area contributed by atoms with Crippen molar-refractivity contribution in [2.75, 3.05) is 23.0 Å². The summed E-state index contributed by atoms with van der Waals surface area (Å²) in [5, 5.41) is 0. The number of carbonyl (C=O) groups excluding carboxylic acids is 1. The third-order valence-electron chi connectivity index (χ3n) is 3.57. The largest absolute Gasteiger partial charge is 0.494 e. The van der Waals surface area contributed by atoms with Gasteiger partial charge in [-0.05, 0) is 37.6 Å². The molecule has 1 aliphatic heterocycles. The van der Waals surface area contributed by atoms with E-state index in [4.69, 9.17) is 4.74 Å². The Morgan fingerprint density at radius 3 is 2.43 bits per heavy atom. The molecule has 0 saturated carbocycles. The summed E-state index contributed by atoms with van der Waals surface area (Å²) in [6.45, 7) is 4.27. The number of nitrogens with zero attached hydrogens (tertiary/aromatic N) is 1. The standard InChI is InChI=1S/C15H21NO4S/c1-3-15(17)16(13-9-10-21(18,19)11-13)12-5-7-14(8-6-12)20-4-2/h5-8,13H,3-4,9-11H2,1-2H3. The molecule has 0 aliphatic carbocycles. The smallest absolute Gasteiger partial charge is 0.226 e. The van der Waals surface area contributed by atoms with E-state index in [2.05, 4.69) is 0 Å². The van der Waals surface area contributed by atoms with Crippen molar-refractivity contribution in [3.63, 3.8) is 0 Å². The van der Waals surface area contributed by atoms with Crippen molar-refractivity contribution in [2.45, 2.75) is 32.7 Å².